The lowest BCUT2D eigenvalue weighted by Gasteiger charge is -2.15. The number of hydrogen-bond acceptors (Lipinski definition) is 3. The minimum absolute atomic E-state index is 0.0667. The van der Waals surface area contributed by atoms with Gasteiger partial charge < -0.3 is 9.84 Å². The molecule has 0 aliphatic carbocycles. The van der Waals surface area contributed by atoms with Gasteiger partial charge in [-0.05, 0) is 76.7 Å². The molecule has 0 radical (unpaired) electrons. The van der Waals surface area contributed by atoms with E-state index in [1.165, 1.54) is 128 Å². The largest absolute Gasteiger partial charge is 0.481 e. The maximum atomic E-state index is 12.6. The van der Waals surface area contributed by atoms with Crippen LogP contribution >= 0.6 is 0 Å². The van der Waals surface area contributed by atoms with Crippen LogP contribution < -0.4 is 0 Å². The molecule has 0 saturated carbocycles. The van der Waals surface area contributed by atoms with Crippen LogP contribution in [0.2, 0.25) is 0 Å². The quantitative estimate of drug-likeness (QED) is 0.0419. The summed E-state index contributed by atoms with van der Waals surface area (Å²) in [5.74, 6) is -0.788. The third-order valence-electron chi connectivity index (χ3n) is 8.82. The molecule has 0 aliphatic rings. The van der Waals surface area contributed by atoms with Gasteiger partial charge in [-0.3, -0.25) is 9.59 Å². The number of carbonyl (C=O) groups excluding carboxylic acids is 1. The Morgan fingerprint density at radius 1 is 0.500 bits per heavy atom. The number of unbranched alkanes of at least 4 members (excludes halogenated alkanes) is 23. The number of rotatable bonds is 36. The van der Waals surface area contributed by atoms with Crippen molar-refractivity contribution in [2.75, 3.05) is 0 Å². The zero-order chi connectivity index (χ0) is 33.6. The first-order valence-corrected chi connectivity index (χ1v) is 20.0. The fraction of sp³-hybridized carbons (Fsp3) is 0.810. The summed E-state index contributed by atoms with van der Waals surface area (Å²) in [6.07, 6.45) is 49.0. The highest BCUT2D eigenvalue weighted by atomic mass is 16.5. The van der Waals surface area contributed by atoms with Crippen molar-refractivity contribution in [3.05, 3.63) is 36.5 Å². The molecule has 1 unspecified atom stereocenters. The molecule has 1 N–H and O–H groups in total. The first kappa shape index (κ1) is 44.2. The second-order valence-corrected chi connectivity index (χ2v) is 13.5. The van der Waals surface area contributed by atoms with Crippen molar-refractivity contribution in [1.29, 1.82) is 0 Å². The average molecular weight is 645 g/mol. The molecular formula is C42H76O4. The van der Waals surface area contributed by atoms with E-state index in [0.29, 0.717) is 6.42 Å². The van der Waals surface area contributed by atoms with E-state index in [-0.39, 0.29) is 18.5 Å². The molecule has 0 heterocycles. The lowest BCUT2D eigenvalue weighted by molar-refractivity contribution is -0.147. The highest BCUT2D eigenvalue weighted by Crippen LogP contribution is 2.16. The fourth-order valence-electron chi connectivity index (χ4n) is 5.83. The van der Waals surface area contributed by atoms with E-state index in [2.05, 4.69) is 50.3 Å². The molecule has 0 fully saturated rings. The molecular weight excluding hydrogens is 568 g/mol. The molecule has 46 heavy (non-hydrogen) atoms. The van der Waals surface area contributed by atoms with Gasteiger partial charge in [0, 0.05) is 12.8 Å². The van der Waals surface area contributed by atoms with E-state index < -0.39 is 5.97 Å². The highest BCUT2D eigenvalue weighted by Gasteiger charge is 2.11. The van der Waals surface area contributed by atoms with Gasteiger partial charge in [-0.2, -0.15) is 0 Å². The summed E-state index contributed by atoms with van der Waals surface area (Å²) < 4.78 is 5.87. The Morgan fingerprint density at radius 2 is 0.913 bits per heavy atom. The minimum Gasteiger partial charge on any atom is -0.481 e. The summed E-state index contributed by atoms with van der Waals surface area (Å²) in [5.41, 5.74) is 0. The molecule has 4 nitrogen and oxygen atoms in total. The Balaban J connectivity index is 3.88. The van der Waals surface area contributed by atoms with Crippen LogP contribution in [0.25, 0.3) is 0 Å². The van der Waals surface area contributed by atoms with Crippen LogP contribution in [0.15, 0.2) is 36.5 Å². The number of ether oxygens (including phenoxy) is 1. The summed E-state index contributed by atoms with van der Waals surface area (Å²) in [6.45, 7) is 4.52. The lowest BCUT2D eigenvalue weighted by Crippen LogP contribution is -2.16. The first-order chi connectivity index (χ1) is 22.6. The molecule has 1 atom stereocenters. The number of aliphatic carboxylic acids is 1. The average Bonchev–Trinajstić information content (AvgIpc) is 3.04. The maximum Gasteiger partial charge on any atom is 0.306 e. The van der Waals surface area contributed by atoms with Crippen LogP contribution in [0.4, 0.5) is 0 Å². The monoisotopic (exact) mass is 645 g/mol. The van der Waals surface area contributed by atoms with E-state index in [1.54, 1.807) is 0 Å². The third kappa shape index (κ3) is 36.6. The Kier molecular flexibility index (Phi) is 36.1. The van der Waals surface area contributed by atoms with Crippen molar-refractivity contribution in [3.8, 4) is 0 Å². The predicted octanol–water partition coefficient (Wildman–Crippen LogP) is 13.8. The number of carbonyl (C=O) groups is 2. The maximum absolute atomic E-state index is 12.6. The Hall–Kier alpha value is -1.84. The number of carboxylic acid groups (broad SMARTS) is 1. The zero-order valence-corrected chi connectivity index (χ0v) is 30.6. The standard InChI is InChI=1S/C42H76O4/c1-3-5-7-9-11-13-14-15-16-17-18-19-20-21-22-23-24-25-27-29-35-39-42(45)46-40(37-33-30-31-34-38-41(43)44)36-32-28-26-12-10-8-6-4-2/h14-15,17-18,32,36,40H,3-13,16,19-31,33-35,37-39H2,1-2H3,(H,43,44)/b15-14-,18-17-,36-32-. The molecule has 0 rings (SSSR count). The Bertz CT molecular complexity index is 738. The summed E-state index contributed by atoms with van der Waals surface area (Å²) in [5, 5.41) is 8.82. The lowest BCUT2D eigenvalue weighted by atomic mass is 10.1. The number of carboxylic acids is 1. The van der Waals surface area contributed by atoms with Gasteiger partial charge in [0.2, 0.25) is 0 Å². The molecule has 0 aromatic heterocycles. The van der Waals surface area contributed by atoms with Crippen LogP contribution in [-0.4, -0.2) is 23.1 Å². The summed E-state index contributed by atoms with van der Waals surface area (Å²) in [6, 6.07) is 0. The number of allylic oxidation sites excluding steroid dienone is 5. The van der Waals surface area contributed by atoms with E-state index >= 15 is 0 Å². The van der Waals surface area contributed by atoms with E-state index in [4.69, 9.17) is 9.84 Å². The van der Waals surface area contributed by atoms with Crippen molar-refractivity contribution in [2.24, 2.45) is 0 Å². The van der Waals surface area contributed by atoms with Crippen LogP contribution in [-0.2, 0) is 14.3 Å². The Morgan fingerprint density at radius 3 is 1.41 bits per heavy atom. The van der Waals surface area contributed by atoms with Crippen LogP contribution in [0, 0.1) is 0 Å². The summed E-state index contributed by atoms with van der Waals surface area (Å²) >= 11 is 0. The van der Waals surface area contributed by atoms with Gasteiger partial charge >= 0.3 is 11.9 Å². The molecule has 0 spiro atoms. The zero-order valence-electron chi connectivity index (χ0n) is 30.6. The molecule has 0 saturated heterocycles. The fourth-order valence-corrected chi connectivity index (χ4v) is 5.83. The Labute approximate surface area is 286 Å². The second-order valence-electron chi connectivity index (χ2n) is 13.5. The van der Waals surface area contributed by atoms with Crippen LogP contribution in [0.5, 0.6) is 0 Å². The molecule has 268 valence electrons. The van der Waals surface area contributed by atoms with Crippen molar-refractivity contribution >= 4 is 11.9 Å². The number of esters is 1. The number of hydrogen-bond donors (Lipinski definition) is 1. The second kappa shape index (κ2) is 37.6. The molecule has 0 amide bonds. The van der Waals surface area contributed by atoms with Gasteiger partial charge in [0.15, 0.2) is 0 Å². The summed E-state index contributed by atoms with van der Waals surface area (Å²) in [4.78, 5) is 23.3. The van der Waals surface area contributed by atoms with Gasteiger partial charge in [-0.15, -0.1) is 0 Å². The van der Waals surface area contributed by atoms with Gasteiger partial charge in [0.05, 0.1) is 0 Å². The summed E-state index contributed by atoms with van der Waals surface area (Å²) in [7, 11) is 0. The molecule has 4 heteroatoms. The molecule has 0 aliphatic heterocycles. The van der Waals surface area contributed by atoms with E-state index in [0.717, 1.165) is 57.8 Å². The van der Waals surface area contributed by atoms with Gasteiger partial charge in [0.25, 0.3) is 0 Å². The van der Waals surface area contributed by atoms with Crippen molar-refractivity contribution < 1.29 is 19.4 Å². The predicted molar refractivity (Wildman–Crippen MR) is 199 cm³/mol. The van der Waals surface area contributed by atoms with E-state index in [1.807, 2.05) is 0 Å². The van der Waals surface area contributed by atoms with Crippen molar-refractivity contribution in [1.82, 2.24) is 0 Å². The van der Waals surface area contributed by atoms with Crippen molar-refractivity contribution in [2.45, 2.75) is 219 Å². The first-order valence-electron chi connectivity index (χ1n) is 20.0. The SMILES string of the molecule is CCCCCCC/C=C\C/C=C\CCCCCCCCCCCC(=O)OC(/C=C\CCCCCCCC)CCCCCCC(=O)O. The highest BCUT2D eigenvalue weighted by molar-refractivity contribution is 5.69. The smallest absolute Gasteiger partial charge is 0.306 e. The third-order valence-corrected chi connectivity index (χ3v) is 8.82. The molecule has 0 aromatic carbocycles. The van der Waals surface area contributed by atoms with Gasteiger partial charge in [0.1, 0.15) is 6.10 Å². The molecule has 0 bridgehead atoms. The minimum atomic E-state index is -0.721. The topological polar surface area (TPSA) is 63.6 Å². The van der Waals surface area contributed by atoms with Gasteiger partial charge in [-0.1, -0.05) is 160 Å². The van der Waals surface area contributed by atoms with E-state index in [9.17, 15) is 9.59 Å². The molecule has 0 aromatic rings. The van der Waals surface area contributed by atoms with Crippen LogP contribution in [0.1, 0.15) is 213 Å². The van der Waals surface area contributed by atoms with Gasteiger partial charge in [-0.25, -0.2) is 0 Å². The van der Waals surface area contributed by atoms with Crippen molar-refractivity contribution in [3.63, 3.8) is 0 Å². The van der Waals surface area contributed by atoms with Crippen LogP contribution in [0.3, 0.4) is 0 Å². The normalized spacial score (nSPS) is 12.6.